The molecule has 0 aliphatic carbocycles. The molecule has 2 N–H and O–H groups in total. The SMILES string of the molecule is COCCCN(CCC(N)=S)C(C)=O. The Morgan fingerprint density at radius 2 is 2.14 bits per heavy atom. The number of methoxy groups -OCH3 is 1. The maximum atomic E-state index is 11.2. The molecule has 0 aliphatic rings. The van der Waals surface area contributed by atoms with E-state index in [0.717, 1.165) is 6.42 Å². The first-order valence-corrected chi connectivity index (χ1v) is 5.01. The van der Waals surface area contributed by atoms with Crippen molar-refractivity contribution in [3.05, 3.63) is 0 Å². The molecule has 4 nitrogen and oxygen atoms in total. The first-order chi connectivity index (χ1) is 6.57. The Morgan fingerprint density at radius 1 is 1.50 bits per heavy atom. The minimum atomic E-state index is 0.0531. The Balaban J connectivity index is 3.78. The Hall–Kier alpha value is -0.680. The van der Waals surface area contributed by atoms with Crippen LogP contribution in [0.1, 0.15) is 19.8 Å². The molecule has 0 radical (unpaired) electrons. The number of hydrogen-bond acceptors (Lipinski definition) is 3. The quantitative estimate of drug-likeness (QED) is 0.501. The molecule has 0 aromatic rings. The maximum absolute atomic E-state index is 11.2. The van der Waals surface area contributed by atoms with Gasteiger partial charge >= 0.3 is 0 Å². The number of nitrogens with zero attached hydrogens (tertiary/aromatic N) is 1. The molecule has 5 heteroatoms. The highest BCUT2D eigenvalue weighted by Gasteiger charge is 2.07. The summed E-state index contributed by atoms with van der Waals surface area (Å²) < 4.78 is 4.91. The second-order valence-corrected chi connectivity index (χ2v) is 3.59. The molecule has 0 spiro atoms. The highest BCUT2D eigenvalue weighted by atomic mass is 32.1. The summed E-state index contributed by atoms with van der Waals surface area (Å²) in [5.41, 5.74) is 5.36. The van der Waals surface area contributed by atoms with Gasteiger partial charge < -0.3 is 15.4 Å². The number of carbonyl (C=O) groups is 1. The molecule has 0 atom stereocenters. The van der Waals surface area contributed by atoms with E-state index in [1.807, 2.05) is 0 Å². The van der Waals surface area contributed by atoms with Gasteiger partial charge in [-0.05, 0) is 6.42 Å². The number of nitrogens with two attached hydrogens (primary N) is 1. The fourth-order valence-electron chi connectivity index (χ4n) is 1.07. The van der Waals surface area contributed by atoms with Crippen LogP contribution >= 0.6 is 12.2 Å². The summed E-state index contributed by atoms with van der Waals surface area (Å²) in [6, 6.07) is 0. The number of rotatable bonds is 7. The van der Waals surface area contributed by atoms with E-state index in [1.54, 1.807) is 18.9 Å². The first-order valence-electron chi connectivity index (χ1n) is 4.60. The third kappa shape index (κ3) is 6.80. The highest BCUT2D eigenvalue weighted by Crippen LogP contribution is 1.96. The van der Waals surface area contributed by atoms with Crippen molar-refractivity contribution < 1.29 is 9.53 Å². The lowest BCUT2D eigenvalue weighted by Crippen LogP contribution is -2.33. The van der Waals surface area contributed by atoms with Crippen molar-refractivity contribution in [1.29, 1.82) is 0 Å². The van der Waals surface area contributed by atoms with E-state index in [0.29, 0.717) is 31.1 Å². The van der Waals surface area contributed by atoms with E-state index in [2.05, 4.69) is 0 Å². The molecule has 0 rings (SSSR count). The Kier molecular flexibility index (Phi) is 7.32. The van der Waals surface area contributed by atoms with Crippen LogP contribution in [0.25, 0.3) is 0 Å². The molecule has 1 amide bonds. The van der Waals surface area contributed by atoms with Crippen LogP contribution in [0.3, 0.4) is 0 Å². The molecule has 0 aromatic carbocycles. The molecule has 0 heterocycles. The predicted molar refractivity (Wildman–Crippen MR) is 60.1 cm³/mol. The zero-order chi connectivity index (χ0) is 11.0. The van der Waals surface area contributed by atoms with Crippen molar-refractivity contribution in [2.24, 2.45) is 5.73 Å². The molecular weight excluding hydrogens is 200 g/mol. The molecule has 0 bridgehead atoms. The lowest BCUT2D eigenvalue weighted by Gasteiger charge is -2.20. The highest BCUT2D eigenvalue weighted by molar-refractivity contribution is 7.80. The van der Waals surface area contributed by atoms with Crippen LogP contribution in [0, 0.1) is 0 Å². The summed E-state index contributed by atoms with van der Waals surface area (Å²) in [4.78, 5) is 13.3. The van der Waals surface area contributed by atoms with Gasteiger partial charge in [0, 0.05) is 40.2 Å². The summed E-state index contributed by atoms with van der Waals surface area (Å²) in [5.74, 6) is 0.0531. The van der Waals surface area contributed by atoms with Crippen molar-refractivity contribution in [1.82, 2.24) is 4.90 Å². The largest absolute Gasteiger partial charge is 0.393 e. The van der Waals surface area contributed by atoms with Gasteiger partial charge in [-0.25, -0.2) is 0 Å². The van der Waals surface area contributed by atoms with Crippen LogP contribution in [0.5, 0.6) is 0 Å². The second-order valence-electron chi connectivity index (χ2n) is 3.07. The molecule has 82 valence electrons. The fraction of sp³-hybridized carbons (Fsp3) is 0.778. The van der Waals surface area contributed by atoms with Gasteiger partial charge in [-0.2, -0.15) is 0 Å². The molecule has 0 aliphatic heterocycles. The fourth-order valence-corrected chi connectivity index (χ4v) is 1.16. The van der Waals surface area contributed by atoms with Gasteiger partial charge in [-0.3, -0.25) is 4.79 Å². The average molecular weight is 218 g/mol. The van der Waals surface area contributed by atoms with Gasteiger partial charge in [-0.15, -0.1) is 0 Å². The van der Waals surface area contributed by atoms with Crippen molar-refractivity contribution in [3.8, 4) is 0 Å². The zero-order valence-electron chi connectivity index (χ0n) is 8.78. The van der Waals surface area contributed by atoms with E-state index in [-0.39, 0.29) is 5.91 Å². The Morgan fingerprint density at radius 3 is 2.57 bits per heavy atom. The normalized spacial score (nSPS) is 9.86. The molecular formula is C9H18N2O2S. The Labute approximate surface area is 90.4 Å². The third-order valence-corrected chi connectivity index (χ3v) is 2.05. The average Bonchev–Trinajstić information content (AvgIpc) is 2.10. The Bertz CT molecular complexity index is 197. The number of hydrogen-bond donors (Lipinski definition) is 1. The summed E-state index contributed by atoms with van der Waals surface area (Å²) in [6.07, 6.45) is 1.43. The lowest BCUT2D eigenvalue weighted by molar-refractivity contribution is -0.128. The van der Waals surface area contributed by atoms with E-state index in [4.69, 9.17) is 22.7 Å². The van der Waals surface area contributed by atoms with Crippen molar-refractivity contribution in [3.63, 3.8) is 0 Å². The zero-order valence-corrected chi connectivity index (χ0v) is 9.60. The van der Waals surface area contributed by atoms with Crippen molar-refractivity contribution in [2.45, 2.75) is 19.8 Å². The number of carbonyl (C=O) groups excluding carboxylic acids is 1. The number of amides is 1. The van der Waals surface area contributed by atoms with Crippen LogP contribution in [0.4, 0.5) is 0 Å². The van der Waals surface area contributed by atoms with Crippen LogP contribution in [-0.4, -0.2) is 42.6 Å². The van der Waals surface area contributed by atoms with E-state index in [9.17, 15) is 4.79 Å². The maximum Gasteiger partial charge on any atom is 0.219 e. The number of ether oxygens (including phenoxy) is 1. The molecule has 0 unspecified atom stereocenters. The van der Waals surface area contributed by atoms with Gasteiger partial charge in [0.2, 0.25) is 5.91 Å². The topological polar surface area (TPSA) is 55.6 Å². The molecule has 0 aromatic heterocycles. The predicted octanol–water partition coefficient (Wildman–Crippen LogP) is 0.548. The van der Waals surface area contributed by atoms with Crippen LogP contribution in [0.15, 0.2) is 0 Å². The van der Waals surface area contributed by atoms with Gasteiger partial charge in [0.25, 0.3) is 0 Å². The van der Waals surface area contributed by atoms with E-state index in [1.165, 1.54) is 0 Å². The molecule has 14 heavy (non-hydrogen) atoms. The van der Waals surface area contributed by atoms with Gasteiger partial charge in [0.05, 0.1) is 4.99 Å². The third-order valence-electron chi connectivity index (χ3n) is 1.85. The second kappa shape index (κ2) is 7.70. The standard InChI is InChI=1S/C9H18N2O2S/c1-8(12)11(5-3-7-13-2)6-4-9(10)14/h3-7H2,1-2H3,(H2,10,14). The van der Waals surface area contributed by atoms with Gasteiger partial charge in [0.15, 0.2) is 0 Å². The summed E-state index contributed by atoms with van der Waals surface area (Å²) in [7, 11) is 1.65. The summed E-state index contributed by atoms with van der Waals surface area (Å²) in [5, 5.41) is 0. The smallest absolute Gasteiger partial charge is 0.219 e. The van der Waals surface area contributed by atoms with Crippen molar-refractivity contribution >= 4 is 23.1 Å². The molecule has 0 saturated carbocycles. The minimum absolute atomic E-state index is 0.0531. The van der Waals surface area contributed by atoms with Crippen LogP contribution in [-0.2, 0) is 9.53 Å². The summed E-state index contributed by atoms with van der Waals surface area (Å²) >= 11 is 4.75. The van der Waals surface area contributed by atoms with Crippen LogP contribution < -0.4 is 5.73 Å². The minimum Gasteiger partial charge on any atom is -0.393 e. The first kappa shape index (κ1) is 13.3. The van der Waals surface area contributed by atoms with Gasteiger partial charge in [-0.1, -0.05) is 12.2 Å². The monoisotopic (exact) mass is 218 g/mol. The molecule has 0 saturated heterocycles. The van der Waals surface area contributed by atoms with E-state index >= 15 is 0 Å². The van der Waals surface area contributed by atoms with Crippen molar-refractivity contribution in [2.75, 3.05) is 26.8 Å². The summed E-state index contributed by atoms with van der Waals surface area (Å²) in [6.45, 7) is 3.52. The lowest BCUT2D eigenvalue weighted by atomic mass is 10.3. The number of thiocarbonyl (C=S) groups is 1. The van der Waals surface area contributed by atoms with Gasteiger partial charge in [0.1, 0.15) is 0 Å². The van der Waals surface area contributed by atoms with E-state index < -0.39 is 0 Å². The van der Waals surface area contributed by atoms with Crippen LogP contribution in [0.2, 0.25) is 0 Å². The molecule has 0 fully saturated rings.